The third-order valence-corrected chi connectivity index (χ3v) is 5.52. The molecule has 2 aromatic carbocycles. The molecule has 1 N–H and O–H groups in total. The summed E-state index contributed by atoms with van der Waals surface area (Å²) in [5.41, 5.74) is 1.87. The molecule has 0 aliphatic rings. The average molecular weight is 361 g/mol. The summed E-state index contributed by atoms with van der Waals surface area (Å²) >= 11 is 0.662. The van der Waals surface area contributed by atoms with Crippen molar-refractivity contribution in [2.45, 2.75) is 4.90 Å². The second kappa shape index (κ2) is 6.38. The fourth-order valence-corrected chi connectivity index (χ4v) is 3.90. The zero-order valence-electron chi connectivity index (χ0n) is 12.1. The molecule has 7 nitrogen and oxygen atoms in total. The molecule has 0 amide bonds. The first-order chi connectivity index (χ1) is 11.5. The van der Waals surface area contributed by atoms with Crippen molar-refractivity contribution in [1.29, 1.82) is 0 Å². The van der Waals surface area contributed by atoms with Gasteiger partial charge in [0.2, 0.25) is 5.13 Å². The van der Waals surface area contributed by atoms with Crippen LogP contribution in [0.3, 0.4) is 0 Å². The zero-order valence-corrected chi connectivity index (χ0v) is 13.8. The standard InChI is InChI=1S/C15H11N3O4S2/c19-18(20)14-10-16-15(23-14)17-24(21,22)13-8-6-12(7-9-13)11-4-2-1-3-5-11/h1-10H,(H,16,17). The van der Waals surface area contributed by atoms with E-state index < -0.39 is 14.9 Å². The highest BCUT2D eigenvalue weighted by atomic mass is 32.2. The minimum absolute atomic E-state index is 0.0474. The molecule has 24 heavy (non-hydrogen) atoms. The monoisotopic (exact) mass is 361 g/mol. The summed E-state index contributed by atoms with van der Waals surface area (Å²) in [5.74, 6) is 0. The number of sulfonamides is 1. The van der Waals surface area contributed by atoms with Gasteiger partial charge in [-0.25, -0.2) is 13.4 Å². The molecule has 3 rings (SSSR count). The van der Waals surface area contributed by atoms with Crippen molar-refractivity contribution in [2.75, 3.05) is 4.72 Å². The van der Waals surface area contributed by atoms with Gasteiger partial charge in [0.15, 0.2) is 0 Å². The van der Waals surface area contributed by atoms with E-state index in [0.29, 0.717) is 11.3 Å². The second-order valence-corrected chi connectivity index (χ2v) is 7.45. The maximum atomic E-state index is 12.3. The van der Waals surface area contributed by atoms with Crippen LogP contribution < -0.4 is 4.72 Å². The molecule has 9 heteroatoms. The van der Waals surface area contributed by atoms with Crippen molar-refractivity contribution in [1.82, 2.24) is 4.98 Å². The van der Waals surface area contributed by atoms with Crippen molar-refractivity contribution in [2.24, 2.45) is 0 Å². The van der Waals surface area contributed by atoms with Crippen LogP contribution in [0.25, 0.3) is 11.1 Å². The summed E-state index contributed by atoms with van der Waals surface area (Å²) < 4.78 is 26.9. The normalized spacial score (nSPS) is 11.2. The molecular weight excluding hydrogens is 350 g/mol. The lowest BCUT2D eigenvalue weighted by molar-refractivity contribution is -0.380. The van der Waals surface area contributed by atoms with Gasteiger partial charge in [0.05, 0.1) is 9.82 Å². The van der Waals surface area contributed by atoms with Crippen LogP contribution in [0.4, 0.5) is 10.1 Å². The van der Waals surface area contributed by atoms with Crippen LogP contribution in [-0.2, 0) is 10.0 Å². The molecular formula is C15H11N3O4S2. The Bertz CT molecular complexity index is 967. The fraction of sp³-hybridized carbons (Fsp3) is 0. The lowest BCUT2D eigenvalue weighted by atomic mass is 10.1. The number of nitrogens with zero attached hydrogens (tertiary/aromatic N) is 2. The number of hydrogen-bond acceptors (Lipinski definition) is 6. The predicted octanol–water partition coefficient (Wildman–Crippen LogP) is 3.52. The molecule has 0 unspecified atom stereocenters. The Morgan fingerprint density at radius 1 is 1.00 bits per heavy atom. The fourth-order valence-electron chi connectivity index (χ4n) is 2.03. The Kier molecular flexibility index (Phi) is 4.28. The second-order valence-electron chi connectivity index (χ2n) is 4.76. The van der Waals surface area contributed by atoms with Crippen LogP contribution in [0.5, 0.6) is 0 Å². The van der Waals surface area contributed by atoms with E-state index in [1.165, 1.54) is 12.1 Å². The van der Waals surface area contributed by atoms with Crippen LogP contribution in [0.2, 0.25) is 0 Å². The van der Waals surface area contributed by atoms with Gasteiger partial charge in [0, 0.05) is 0 Å². The van der Waals surface area contributed by atoms with Gasteiger partial charge in [-0.15, -0.1) is 0 Å². The maximum Gasteiger partial charge on any atom is 0.345 e. The summed E-state index contributed by atoms with van der Waals surface area (Å²) in [6.45, 7) is 0. The van der Waals surface area contributed by atoms with Crippen LogP contribution in [0.1, 0.15) is 0 Å². The number of benzene rings is 2. The first kappa shape index (κ1) is 16.1. The summed E-state index contributed by atoms with van der Waals surface area (Å²) in [6.07, 6.45) is 1.01. The quantitative estimate of drug-likeness (QED) is 0.553. The van der Waals surface area contributed by atoms with Crippen LogP contribution in [0, 0.1) is 10.1 Å². The van der Waals surface area contributed by atoms with Crippen LogP contribution >= 0.6 is 11.3 Å². The summed E-state index contributed by atoms with van der Waals surface area (Å²) in [4.78, 5) is 13.8. The van der Waals surface area contributed by atoms with Gasteiger partial charge in [-0.1, -0.05) is 42.5 Å². The smallest absolute Gasteiger partial charge is 0.257 e. The highest BCUT2D eigenvalue weighted by molar-refractivity contribution is 7.93. The Labute approximate surface area is 141 Å². The van der Waals surface area contributed by atoms with Crippen LogP contribution in [-0.4, -0.2) is 18.3 Å². The van der Waals surface area contributed by atoms with Gasteiger partial charge in [-0.2, -0.15) is 0 Å². The van der Waals surface area contributed by atoms with E-state index in [9.17, 15) is 18.5 Å². The Hall–Kier alpha value is -2.78. The van der Waals surface area contributed by atoms with Crippen molar-refractivity contribution in [3.05, 3.63) is 70.9 Å². The number of rotatable bonds is 5. The Morgan fingerprint density at radius 2 is 1.62 bits per heavy atom. The van der Waals surface area contributed by atoms with Crippen molar-refractivity contribution in [3.8, 4) is 11.1 Å². The average Bonchev–Trinajstić information content (AvgIpc) is 3.04. The highest BCUT2D eigenvalue weighted by Gasteiger charge is 2.19. The molecule has 1 aromatic heterocycles. The molecule has 0 radical (unpaired) electrons. The minimum Gasteiger partial charge on any atom is -0.257 e. The molecule has 0 saturated carbocycles. The van der Waals surface area contributed by atoms with Crippen LogP contribution in [0.15, 0.2) is 65.7 Å². The topological polar surface area (TPSA) is 102 Å². The first-order valence-electron chi connectivity index (χ1n) is 6.74. The molecule has 0 aliphatic heterocycles. The van der Waals surface area contributed by atoms with E-state index in [1.54, 1.807) is 12.1 Å². The molecule has 0 atom stereocenters. The summed E-state index contributed by atoms with van der Waals surface area (Å²) in [7, 11) is -3.85. The third-order valence-electron chi connectivity index (χ3n) is 3.17. The van der Waals surface area contributed by atoms with Crippen molar-refractivity contribution < 1.29 is 13.3 Å². The number of nitro groups is 1. The molecule has 0 fully saturated rings. The SMILES string of the molecule is O=[N+]([O-])c1cnc(NS(=O)(=O)c2ccc(-c3ccccc3)cc2)s1. The number of aromatic nitrogens is 1. The van der Waals surface area contributed by atoms with E-state index >= 15 is 0 Å². The van der Waals surface area contributed by atoms with E-state index in [4.69, 9.17) is 0 Å². The maximum absolute atomic E-state index is 12.3. The van der Waals surface area contributed by atoms with Gasteiger partial charge < -0.3 is 0 Å². The third kappa shape index (κ3) is 3.42. The molecule has 0 bridgehead atoms. The largest absolute Gasteiger partial charge is 0.345 e. The van der Waals surface area contributed by atoms with E-state index in [2.05, 4.69) is 9.71 Å². The van der Waals surface area contributed by atoms with E-state index in [1.807, 2.05) is 30.3 Å². The predicted molar refractivity (Wildman–Crippen MR) is 91.5 cm³/mol. The molecule has 0 spiro atoms. The van der Waals surface area contributed by atoms with Gasteiger partial charge in [0.1, 0.15) is 6.20 Å². The van der Waals surface area contributed by atoms with Crippen molar-refractivity contribution >= 4 is 31.5 Å². The Balaban J connectivity index is 1.83. The Morgan fingerprint density at radius 3 is 2.21 bits per heavy atom. The molecule has 0 saturated heterocycles. The van der Waals surface area contributed by atoms with E-state index in [-0.39, 0.29) is 15.0 Å². The lowest BCUT2D eigenvalue weighted by Crippen LogP contribution is -2.12. The minimum atomic E-state index is -3.85. The number of anilines is 1. The molecule has 0 aliphatic carbocycles. The van der Waals surface area contributed by atoms with Gasteiger partial charge in [0.25, 0.3) is 10.0 Å². The molecule has 1 heterocycles. The lowest BCUT2D eigenvalue weighted by Gasteiger charge is -2.06. The van der Waals surface area contributed by atoms with Gasteiger partial charge in [-0.3, -0.25) is 14.8 Å². The number of nitrogens with one attached hydrogen (secondary N) is 1. The van der Waals surface area contributed by atoms with E-state index in [0.717, 1.165) is 17.3 Å². The zero-order chi connectivity index (χ0) is 17.2. The highest BCUT2D eigenvalue weighted by Crippen LogP contribution is 2.27. The first-order valence-corrected chi connectivity index (χ1v) is 9.04. The number of hydrogen-bond donors (Lipinski definition) is 1. The molecule has 3 aromatic rings. The summed E-state index contributed by atoms with van der Waals surface area (Å²) in [6, 6.07) is 15.9. The number of thiazole rings is 1. The molecule has 122 valence electrons. The summed E-state index contributed by atoms with van der Waals surface area (Å²) in [5, 5.41) is 10.3. The van der Waals surface area contributed by atoms with Gasteiger partial charge >= 0.3 is 5.00 Å². The van der Waals surface area contributed by atoms with Gasteiger partial charge in [-0.05, 0) is 34.6 Å². The van der Waals surface area contributed by atoms with Crippen molar-refractivity contribution in [3.63, 3.8) is 0 Å².